The van der Waals surface area contributed by atoms with Gasteiger partial charge in [-0.15, -0.1) is 0 Å². The normalized spacial score (nSPS) is 19.1. The fraction of sp³-hybridized carbons (Fsp3) is 0.900. The van der Waals surface area contributed by atoms with Gasteiger partial charge in [-0.25, -0.2) is 4.79 Å². The average Bonchev–Trinajstić information content (AvgIpc) is 2.43. The van der Waals surface area contributed by atoms with Crippen LogP contribution >= 0.6 is 0 Å². The lowest BCUT2D eigenvalue weighted by atomic mass is 10.3. The standard InChI is InChI=1S/C10H21N3O/c1-3-5-12-6-4-7-13(9-8-12)10(14)11-2/h3-9H2,1-2H3,(H,11,14). The van der Waals surface area contributed by atoms with Gasteiger partial charge in [0.15, 0.2) is 0 Å². The smallest absolute Gasteiger partial charge is 0.317 e. The Hall–Kier alpha value is -0.770. The van der Waals surface area contributed by atoms with Crippen molar-refractivity contribution in [2.45, 2.75) is 19.8 Å². The summed E-state index contributed by atoms with van der Waals surface area (Å²) >= 11 is 0. The Bertz CT molecular complexity index is 184. The van der Waals surface area contributed by atoms with Crippen LogP contribution in [0.25, 0.3) is 0 Å². The molecular weight excluding hydrogens is 178 g/mol. The zero-order valence-corrected chi connectivity index (χ0v) is 9.25. The minimum absolute atomic E-state index is 0.0587. The highest BCUT2D eigenvalue weighted by Gasteiger charge is 2.16. The second-order valence-corrected chi connectivity index (χ2v) is 3.74. The highest BCUT2D eigenvalue weighted by Crippen LogP contribution is 2.03. The van der Waals surface area contributed by atoms with E-state index < -0.39 is 0 Å². The van der Waals surface area contributed by atoms with Crippen LogP contribution in [0.4, 0.5) is 4.79 Å². The predicted molar refractivity (Wildman–Crippen MR) is 57.4 cm³/mol. The van der Waals surface area contributed by atoms with Crippen LogP contribution in [0.3, 0.4) is 0 Å². The molecule has 4 nitrogen and oxygen atoms in total. The van der Waals surface area contributed by atoms with Crippen molar-refractivity contribution in [3.05, 3.63) is 0 Å². The van der Waals surface area contributed by atoms with E-state index in [2.05, 4.69) is 17.1 Å². The van der Waals surface area contributed by atoms with Crippen LogP contribution in [0.15, 0.2) is 0 Å². The quantitative estimate of drug-likeness (QED) is 0.712. The van der Waals surface area contributed by atoms with Gasteiger partial charge in [0, 0.05) is 26.7 Å². The lowest BCUT2D eigenvalue weighted by Gasteiger charge is -2.21. The van der Waals surface area contributed by atoms with Crippen molar-refractivity contribution in [1.29, 1.82) is 0 Å². The summed E-state index contributed by atoms with van der Waals surface area (Å²) in [6, 6.07) is 0.0587. The molecule has 1 N–H and O–H groups in total. The van der Waals surface area contributed by atoms with E-state index in [1.165, 1.54) is 6.42 Å². The fourth-order valence-corrected chi connectivity index (χ4v) is 1.87. The molecule has 4 heteroatoms. The lowest BCUT2D eigenvalue weighted by Crippen LogP contribution is -2.40. The molecule has 1 fully saturated rings. The van der Waals surface area contributed by atoms with Gasteiger partial charge in [-0.05, 0) is 25.9 Å². The van der Waals surface area contributed by atoms with Gasteiger partial charge >= 0.3 is 6.03 Å². The van der Waals surface area contributed by atoms with E-state index in [9.17, 15) is 4.79 Å². The van der Waals surface area contributed by atoms with Crippen molar-refractivity contribution in [2.24, 2.45) is 0 Å². The number of carbonyl (C=O) groups excluding carboxylic acids is 1. The molecular formula is C10H21N3O. The van der Waals surface area contributed by atoms with Crippen molar-refractivity contribution < 1.29 is 4.79 Å². The minimum atomic E-state index is 0.0587. The van der Waals surface area contributed by atoms with E-state index in [0.29, 0.717) is 0 Å². The topological polar surface area (TPSA) is 35.6 Å². The molecule has 0 aromatic carbocycles. The van der Waals surface area contributed by atoms with Crippen LogP contribution in [0.5, 0.6) is 0 Å². The molecule has 0 saturated carbocycles. The van der Waals surface area contributed by atoms with E-state index in [4.69, 9.17) is 0 Å². The summed E-state index contributed by atoms with van der Waals surface area (Å²) in [6.07, 6.45) is 2.29. The third kappa shape index (κ3) is 3.18. The van der Waals surface area contributed by atoms with Crippen LogP contribution in [-0.4, -0.2) is 55.6 Å². The molecule has 1 aliphatic heterocycles. The number of amides is 2. The maximum Gasteiger partial charge on any atom is 0.317 e. The highest BCUT2D eigenvalue weighted by molar-refractivity contribution is 5.73. The number of hydrogen-bond acceptors (Lipinski definition) is 2. The summed E-state index contributed by atoms with van der Waals surface area (Å²) in [7, 11) is 1.69. The summed E-state index contributed by atoms with van der Waals surface area (Å²) in [4.78, 5) is 15.7. The number of nitrogens with zero attached hydrogens (tertiary/aromatic N) is 2. The number of urea groups is 1. The van der Waals surface area contributed by atoms with Crippen LogP contribution < -0.4 is 5.32 Å². The average molecular weight is 199 g/mol. The third-order valence-electron chi connectivity index (χ3n) is 2.63. The SMILES string of the molecule is CCCN1CCCN(C(=O)NC)CC1. The van der Waals surface area contributed by atoms with Crippen LogP contribution in [0, 0.1) is 0 Å². The van der Waals surface area contributed by atoms with Gasteiger partial charge in [0.25, 0.3) is 0 Å². The van der Waals surface area contributed by atoms with Gasteiger partial charge in [0.1, 0.15) is 0 Å². The molecule has 0 spiro atoms. The molecule has 0 unspecified atom stereocenters. The number of carbonyl (C=O) groups is 1. The molecule has 82 valence electrons. The molecule has 0 radical (unpaired) electrons. The van der Waals surface area contributed by atoms with E-state index in [-0.39, 0.29) is 6.03 Å². The van der Waals surface area contributed by atoms with E-state index in [1.54, 1.807) is 7.05 Å². The predicted octanol–water partition coefficient (Wildman–Crippen LogP) is 0.744. The second-order valence-electron chi connectivity index (χ2n) is 3.74. The number of nitrogens with one attached hydrogen (secondary N) is 1. The van der Waals surface area contributed by atoms with Gasteiger partial charge in [-0.1, -0.05) is 6.92 Å². The van der Waals surface area contributed by atoms with Gasteiger partial charge in [0.05, 0.1) is 0 Å². The molecule has 0 bridgehead atoms. The Kier molecular flexibility index (Phi) is 4.73. The first-order valence-corrected chi connectivity index (χ1v) is 5.47. The van der Waals surface area contributed by atoms with Crippen molar-refractivity contribution in [3.8, 4) is 0 Å². The summed E-state index contributed by atoms with van der Waals surface area (Å²) in [5.74, 6) is 0. The third-order valence-corrected chi connectivity index (χ3v) is 2.63. The molecule has 0 aromatic rings. The first-order chi connectivity index (χ1) is 6.77. The van der Waals surface area contributed by atoms with Crippen LogP contribution in [0.2, 0.25) is 0 Å². The molecule has 0 aromatic heterocycles. The Balaban J connectivity index is 2.36. The van der Waals surface area contributed by atoms with E-state index in [0.717, 1.165) is 39.1 Å². The first kappa shape index (κ1) is 11.3. The molecule has 1 saturated heterocycles. The molecule has 0 aliphatic carbocycles. The lowest BCUT2D eigenvalue weighted by molar-refractivity contribution is 0.200. The van der Waals surface area contributed by atoms with Crippen molar-refractivity contribution >= 4 is 6.03 Å². The van der Waals surface area contributed by atoms with E-state index in [1.807, 2.05) is 4.90 Å². The Morgan fingerprint density at radius 3 is 2.71 bits per heavy atom. The van der Waals surface area contributed by atoms with Crippen LogP contribution in [-0.2, 0) is 0 Å². The van der Waals surface area contributed by atoms with Gasteiger partial charge in [-0.3, -0.25) is 0 Å². The maximum atomic E-state index is 11.4. The zero-order chi connectivity index (χ0) is 10.4. The molecule has 1 aliphatic rings. The molecule has 2 amide bonds. The van der Waals surface area contributed by atoms with Crippen molar-refractivity contribution in [3.63, 3.8) is 0 Å². The van der Waals surface area contributed by atoms with Crippen molar-refractivity contribution in [2.75, 3.05) is 39.8 Å². The molecule has 1 rings (SSSR count). The number of hydrogen-bond donors (Lipinski definition) is 1. The highest BCUT2D eigenvalue weighted by atomic mass is 16.2. The van der Waals surface area contributed by atoms with Gasteiger partial charge in [0.2, 0.25) is 0 Å². The summed E-state index contributed by atoms with van der Waals surface area (Å²) in [6.45, 7) is 7.24. The Morgan fingerprint density at radius 2 is 2.07 bits per heavy atom. The monoisotopic (exact) mass is 199 g/mol. The molecule has 0 atom stereocenters. The van der Waals surface area contributed by atoms with Gasteiger partial charge < -0.3 is 15.1 Å². The summed E-state index contributed by atoms with van der Waals surface area (Å²) in [5.41, 5.74) is 0. The fourth-order valence-electron chi connectivity index (χ4n) is 1.87. The summed E-state index contributed by atoms with van der Waals surface area (Å²) in [5, 5.41) is 2.68. The second kappa shape index (κ2) is 5.86. The zero-order valence-electron chi connectivity index (χ0n) is 9.25. The largest absolute Gasteiger partial charge is 0.341 e. The first-order valence-electron chi connectivity index (χ1n) is 5.47. The number of rotatable bonds is 2. The summed E-state index contributed by atoms with van der Waals surface area (Å²) < 4.78 is 0. The molecule has 1 heterocycles. The molecule has 14 heavy (non-hydrogen) atoms. The minimum Gasteiger partial charge on any atom is -0.341 e. The Labute approximate surface area is 86.2 Å². The van der Waals surface area contributed by atoms with Gasteiger partial charge in [-0.2, -0.15) is 0 Å². The van der Waals surface area contributed by atoms with E-state index >= 15 is 0 Å². The van der Waals surface area contributed by atoms with Crippen molar-refractivity contribution in [1.82, 2.24) is 15.1 Å². The Morgan fingerprint density at radius 1 is 1.29 bits per heavy atom. The maximum absolute atomic E-state index is 11.4. The van der Waals surface area contributed by atoms with Crippen LogP contribution in [0.1, 0.15) is 19.8 Å².